The lowest BCUT2D eigenvalue weighted by molar-refractivity contribution is -0.120. The molecule has 2 rings (SSSR count). The van der Waals surface area contributed by atoms with E-state index in [9.17, 15) is 9.59 Å². The van der Waals surface area contributed by atoms with E-state index in [1.807, 2.05) is 44.2 Å². The van der Waals surface area contributed by atoms with E-state index in [-0.39, 0.29) is 24.9 Å². The van der Waals surface area contributed by atoms with Crippen LogP contribution in [0.3, 0.4) is 0 Å². The molecule has 0 saturated heterocycles. The van der Waals surface area contributed by atoms with E-state index in [0.29, 0.717) is 24.7 Å². The van der Waals surface area contributed by atoms with Crippen LogP contribution >= 0.6 is 0 Å². The Kier molecular flexibility index (Phi) is 8.22. The second-order valence-electron chi connectivity index (χ2n) is 6.16. The Morgan fingerprint density at radius 1 is 0.926 bits per heavy atom. The number of hydrogen-bond acceptors (Lipinski definition) is 5. The van der Waals surface area contributed by atoms with Gasteiger partial charge in [-0.15, -0.1) is 0 Å². The number of amides is 2. The molecule has 0 bridgehead atoms. The number of aromatic nitrogens is 2. The van der Waals surface area contributed by atoms with Crippen molar-refractivity contribution >= 4 is 17.6 Å². The molecule has 0 atom stereocenters. The predicted molar refractivity (Wildman–Crippen MR) is 106 cm³/mol. The SMILES string of the molecule is CCCNC(=O)CN(CC(=O)NCCC)c1ccnc(-c2ccccc2)n1. The molecule has 7 heteroatoms. The Morgan fingerprint density at radius 2 is 1.52 bits per heavy atom. The number of nitrogens with one attached hydrogen (secondary N) is 2. The predicted octanol–water partition coefficient (Wildman–Crippen LogP) is 2.00. The van der Waals surface area contributed by atoms with E-state index in [1.54, 1.807) is 17.2 Å². The molecular weight excluding hydrogens is 342 g/mol. The summed E-state index contributed by atoms with van der Waals surface area (Å²) in [5.74, 6) is 0.822. The van der Waals surface area contributed by atoms with Crippen molar-refractivity contribution in [3.05, 3.63) is 42.6 Å². The molecule has 1 aromatic heterocycles. The highest BCUT2D eigenvalue weighted by atomic mass is 16.2. The first-order valence-corrected chi connectivity index (χ1v) is 9.30. The number of benzene rings is 1. The molecule has 27 heavy (non-hydrogen) atoms. The van der Waals surface area contributed by atoms with Crippen LogP contribution < -0.4 is 15.5 Å². The maximum atomic E-state index is 12.2. The summed E-state index contributed by atoms with van der Waals surface area (Å²) in [6.45, 7) is 5.32. The molecule has 0 saturated carbocycles. The molecule has 2 amide bonds. The van der Waals surface area contributed by atoms with E-state index in [1.165, 1.54) is 0 Å². The number of anilines is 1. The number of hydrogen-bond donors (Lipinski definition) is 2. The van der Waals surface area contributed by atoms with E-state index in [0.717, 1.165) is 18.4 Å². The zero-order chi connectivity index (χ0) is 19.5. The molecule has 0 aliphatic heterocycles. The first-order chi connectivity index (χ1) is 13.1. The first kappa shape index (κ1) is 20.4. The third kappa shape index (κ3) is 6.69. The third-order valence-electron chi connectivity index (χ3n) is 3.81. The molecule has 2 aromatic rings. The molecular formula is C20H27N5O2. The molecule has 144 valence electrons. The highest BCUT2D eigenvalue weighted by molar-refractivity contribution is 5.86. The second kappa shape index (κ2) is 10.9. The fourth-order valence-corrected chi connectivity index (χ4v) is 2.46. The quantitative estimate of drug-likeness (QED) is 0.669. The second-order valence-corrected chi connectivity index (χ2v) is 6.16. The number of nitrogens with zero attached hydrogens (tertiary/aromatic N) is 3. The maximum Gasteiger partial charge on any atom is 0.239 e. The molecule has 2 N–H and O–H groups in total. The number of rotatable bonds is 10. The van der Waals surface area contributed by atoms with Crippen LogP contribution in [0.4, 0.5) is 5.82 Å². The van der Waals surface area contributed by atoms with Gasteiger partial charge in [-0.25, -0.2) is 9.97 Å². The fourth-order valence-electron chi connectivity index (χ4n) is 2.46. The van der Waals surface area contributed by atoms with Crippen LogP contribution in [0.1, 0.15) is 26.7 Å². The van der Waals surface area contributed by atoms with Gasteiger partial charge >= 0.3 is 0 Å². The van der Waals surface area contributed by atoms with Crippen molar-refractivity contribution in [2.75, 3.05) is 31.1 Å². The highest BCUT2D eigenvalue weighted by Gasteiger charge is 2.17. The average molecular weight is 369 g/mol. The van der Waals surface area contributed by atoms with Crippen LogP contribution in [0.25, 0.3) is 11.4 Å². The van der Waals surface area contributed by atoms with Crippen molar-refractivity contribution in [2.24, 2.45) is 0 Å². The summed E-state index contributed by atoms with van der Waals surface area (Å²) in [7, 11) is 0. The van der Waals surface area contributed by atoms with E-state index in [2.05, 4.69) is 20.6 Å². The Bertz CT molecular complexity index is 714. The normalized spacial score (nSPS) is 10.3. The number of carbonyl (C=O) groups excluding carboxylic acids is 2. The zero-order valence-corrected chi connectivity index (χ0v) is 15.9. The van der Waals surface area contributed by atoms with Crippen molar-refractivity contribution in [1.29, 1.82) is 0 Å². The van der Waals surface area contributed by atoms with Crippen molar-refractivity contribution in [3.8, 4) is 11.4 Å². The fraction of sp³-hybridized carbons (Fsp3) is 0.400. The van der Waals surface area contributed by atoms with Crippen molar-refractivity contribution < 1.29 is 9.59 Å². The van der Waals surface area contributed by atoms with Crippen molar-refractivity contribution in [1.82, 2.24) is 20.6 Å². The minimum atomic E-state index is -0.139. The molecule has 7 nitrogen and oxygen atoms in total. The molecule has 0 aliphatic rings. The molecule has 1 heterocycles. The summed E-state index contributed by atoms with van der Waals surface area (Å²) in [6, 6.07) is 11.3. The smallest absolute Gasteiger partial charge is 0.239 e. The Morgan fingerprint density at radius 3 is 2.07 bits per heavy atom. The molecule has 0 fully saturated rings. The van der Waals surface area contributed by atoms with Crippen LogP contribution in [0.2, 0.25) is 0 Å². The van der Waals surface area contributed by atoms with Crippen LogP contribution in [0, 0.1) is 0 Å². The minimum absolute atomic E-state index is 0.0603. The lowest BCUT2D eigenvalue weighted by Crippen LogP contribution is -2.43. The van der Waals surface area contributed by atoms with Gasteiger partial charge in [-0.3, -0.25) is 9.59 Å². The first-order valence-electron chi connectivity index (χ1n) is 9.30. The summed E-state index contributed by atoms with van der Waals surface area (Å²) in [6.07, 6.45) is 3.36. The molecule has 0 aliphatic carbocycles. The van der Waals surface area contributed by atoms with Crippen molar-refractivity contribution in [3.63, 3.8) is 0 Å². The molecule has 0 spiro atoms. The molecule has 1 aromatic carbocycles. The van der Waals surface area contributed by atoms with E-state index >= 15 is 0 Å². The lowest BCUT2D eigenvalue weighted by atomic mass is 10.2. The Balaban J connectivity index is 2.20. The number of carbonyl (C=O) groups is 2. The van der Waals surface area contributed by atoms with Gasteiger partial charge in [-0.05, 0) is 18.9 Å². The van der Waals surface area contributed by atoms with Crippen LogP contribution in [-0.2, 0) is 9.59 Å². The monoisotopic (exact) mass is 369 g/mol. The highest BCUT2D eigenvalue weighted by Crippen LogP contribution is 2.17. The Labute approximate surface area is 160 Å². The van der Waals surface area contributed by atoms with Gasteiger partial charge in [-0.2, -0.15) is 0 Å². The van der Waals surface area contributed by atoms with E-state index in [4.69, 9.17) is 0 Å². The van der Waals surface area contributed by atoms with Gasteiger partial charge in [0.25, 0.3) is 0 Å². The van der Waals surface area contributed by atoms with Crippen LogP contribution in [0.15, 0.2) is 42.6 Å². The third-order valence-corrected chi connectivity index (χ3v) is 3.81. The largest absolute Gasteiger partial charge is 0.355 e. The van der Waals surface area contributed by atoms with Gasteiger partial charge in [0.15, 0.2) is 5.82 Å². The van der Waals surface area contributed by atoms with Gasteiger partial charge in [0.2, 0.25) is 11.8 Å². The van der Waals surface area contributed by atoms with Gasteiger partial charge in [0.1, 0.15) is 5.82 Å². The van der Waals surface area contributed by atoms with Crippen LogP contribution in [0.5, 0.6) is 0 Å². The topological polar surface area (TPSA) is 87.2 Å². The van der Waals surface area contributed by atoms with Gasteiger partial charge in [0, 0.05) is 24.8 Å². The molecule has 0 unspecified atom stereocenters. The Hall–Kier alpha value is -2.96. The maximum absolute atomic E-state index is 12.2. The zero-order valence-electron chi connectivity index (χ0n) is 15.9. The average Bonchev–Trinajstić information content (AvgIpc) is 2.71. The van der Waals surface area contributed by atoms with Crippen LogP contribution in [-0.4, -0.2) is 48.0 Å². The summed E-state index contributed by atoms with van der Waals surface area (Å²) in [5, 5.41) is 5.68. The van der Waals surface area contributed by atoms with Gasteiger partial charge < -0.3 is 15.5 Å². The summed E-state index contributed by atoms with van der Waals surface area (Å²) < 4.78 is 0. The van der Waals surface area contributed by atoms with E-state index < -0.39 is 0 Å². The summed E-state index contributed by atoms with van der Waals surface area (Å²) in [5.41, 5.74) is 0.880. The summed E-state index contributed by atoms with van der Waals surface area (Å²) >= 11 is 0. The lowest BCUT2D eigenvalue weighted by Gasteiger charge is -2.23. The minimum Gasteiger partial charge on any atom is -0.355 e. The van der Waals surface area contributed by atoms with Crippen molar-refractivity contribution in [2.45, 2.75) is 26.7 Å². The standard InChI is InChI=1S/C20H27N5O2/c1-3-11-21-18(26)14-25(15-19(27)22-12-4-2)17-10-13-23-20(24-17)16-8-6-5-7-9-16/h5-10,13H,3-4,11-12,14-15H2,1-2H3,(H,21,26)(H,22,27). The van der Waals surface area contributed by atoms with Gasteiger partial charge in [0.05, 0.1) is 13.1 Å². The molecule has 0 radical (unpaired) electrons. The van der Waals surface area contributed by atoms with Gasteiger partial charge in [-0.1, -0.05) is 44.2 Å². The summed E-state index contributed by atoms with van der Waals surface area (Å²) in [4.78, 5) is 35.0.